The Kier molecular flexibility index (Phi) is 10.6. The molecule has 0 aliphatic carbocycles. The van der Waals surface area contributed by atoms with Gasteiger partial charge >= 0.3 is 0 Å². The third kappa shape index (κ3) is 6.07. The Morgan fingerprint density at radius 1 is 0.700 bits per heavy atom. The summed E-state index contributed by atoms with van der Waals surface area (Å²) in [5.41, 5.74) is 0. The van der Waals surface area contributed by atoms with Crippen molar-refractivity contribution < 1.29 is 42.7 Å². The van der Waals surface area contributed by atoms with Crippen LogP contribution in [0.2, 0.25) is 5.04 Å². The van der Waals surface area contributed by atoms with E-state index >= 15 is 0 Å². The van der Waals surface area contributed by atoms with Crippen LogP contribution in [-0.4, -0.2) is 104 Å². The maximum Gasteiger partial charge on any atom is 0.261 e. The van der Waals surface area contributed by atoms with Crippen LogP contribution in [0, 0.1) is 0 Å². The first kappa shape index (κ1) is 31.2. The summed E-state index contributed by atoms with van der Waals surface area (Å²) in [5.74, 6) is 0. The summed E-state index contributed by atoms with van der Waals surface area (Å²) in [6.07, 6.45) is -5.36. The molecule has 40 heavy (non-hydrogen) atoms. The third-order valence-electron chi connectivity index (χ3n) is 7.87. The van der Waals surface area contributed by atoms with Gasteiger partial charge in [0.25, 0.3) is 8.32 Å². The molecule has 2 aromatic carbocycles. The number of aliphatic hydroxyl groups excluding tert-OH is 1. The Hall–Kier alpha value is -1.70. The Morgan fingerprint density at radius 3 is 1.70 bits per heavy atom. The molecule has 9 nitrogen and oxygen atoms in total. The molecule has 10 heteroatoms. The van der Waals surface area contributed by atoms with Gasteiger partial charge < -0.3 is 42.7 Å². The molecule has 222 valence electrons. The molecule has 2 fully saturated rings. The minimum Gasteiger partial charge on any atom is -0.405 e. The van der Waals surface area contributed by atoms with E-state index in [1.54, 1.807) is 21.3 Å². The zero-order chi connectivity index (χ0) is 28.9. The molecule has 0 spiro atoms. The summed E-state index contributed by atoms with van der Waals surface area (Å²) in [6, 6.07) is 20.7. The molecule has 1 N–H and O–H groups in total. The van der Waals surface area contributed by atoms with Crippen LogP contribution < -0.4 is 10.4 Å². The first-order valence-electron chi connectivity index (χ1n) is 13.7. The van der Waals surface area contributed by atoms with Gasteiger partial charge in [-0.1, -0.05) is 81.4 Å². The number of benzene rings is 2. The van der Waals surface area contributed by atoms with Crippen LogP contribution in [0.4, 0.5) is 0 Å². The molecule has 0 aromatic heterocycles. The number of aliphatic hydroxyl groups is 1. The lowest BCUT2D eigenvalue weighted by atomic mass is 10.1. The van der Waals surface area contributed by atoms with Crippen molar-refractivity contribution in [2.24, 2.45) is 0 Å². The largest absolute Gasteiger partial charge is 0.405 e. The molecule has 2 aliphatic rings. The number of hydrogen-bond donors (Lipinski definition) is 1. The first-order valence-corrected chi connectivity index (χ1v) is 15.6. The van der Waals surface area contributed by atoms with Gasteiger partial charge in [0.05, 0.1) is 13.2 Å². The summed E-state index contributed by atoms with van der Waals surface area (Å²) in [7, 11) is 3.46. The van der Waals surface area contributed by atoms with Crippen LogP contribution in [0.3, 0.4) is 0 Å². The Balaban J connectivity index is 1.64. The fraction of sp³-hybridized carbons (Fsp3) is 0.600. The number of ether oxygens (including phenoxy) is 7. The highest BCUT2D eigenvalue weighted by Crippen LogP contribution is 2.38. The molecule has 2 aliphatic heterocycles. The second kappa shape index (κ2) is 13.5. The second-order valence-electron chi connectivity index (χ2n) is 11.2. The van der Waals surface area contributed by atoms with E-state index in [0.717, 1.165) is 10.4 Å². The predicted molar refractivity (Wildman–Crippen MR) is 152 cm³/mol. The topological polar surface area (TPSA) is 94.1 Å². The van der Waals surface area contributed by atoms with Crippen LogP contribution in [0.25, 0.3) is 0 Å². The maximum absolute atomic E-state index is 10.8. The molecule has 2 saturated heterocycles. The smallest absolute Gasteiger partial charge is 0.261 e. The molecule has 8 atom stereocenters. The summed E-state index contributed by atoms with van der Waals surface area (Å²) in [4.78, 5) is 0. The Morgan fingerprint density at radius 2 is 1.23 bits per heavy atom. The summed E-state index contributed by atoms with van der Waals surface area (Å²) >= 11 is 0. The van der Waals surface area contributed by atoms with Gasteiger partial charge in [-0.25, -0.2) is 0 Å². The van der Waals surface area contributed by atoms with Crippen LogP contribution in [0.15, 0.2) is 60.7 Å². The van der Waals surface area contributed by atoms with Crippen LogP contribution in [0.5, 0.6) is 0 Å². The van der Waals surface area contributed by atoms with E-state index < -0.39 is 51.4 Å². The van der Waals surface area contributed by atoms with E-state index in [0.29, 0.717) is 6.61 Å². The van der Waals surface area contributed by atoms with E-state index in [-0.39, 0.29) is 17.7 Å². The molecular formula is C30H44O9Si. The first-order chi connectivity index (χ1) is 19.2. The quantitative estimate of drug-likeness (QED) is 0.381. The fourth-order valence-electron chi connectivity index (χ4n) is 6.01. The highest BCUT2D eigenvalue weighted by molar-refractivity contribution is 6.99. The normalized spacial score (nSPS) is 31.1. The fourth-order valence-corrected chi connectivity index (χ4v) is 10.6. The van der Waals surface area contributed by atoms with Crippen molar-refractivity contribution in [2.75, 3.05) is 41.7 Å². The average Bonchev–Trinajstić information content (AvgIpc) is 3.44. The molecule has 0 unspecified atom stereocenters. The minimum absolute atomic E-state index is 0.175. The van der Waals surface area contributed by atoms with Crippen molar-refractivity contribution in [1.29, 1.82) is 0 Å². The third-order valence-corrected chi connectivity index (χ3v) is 12.9. The molecular weight excluding hydrogens is 532 g/mol. The van der Waals surface area contributed by atoms with E-state index in [4.69, 9.17) is 37.6 Å². The Bertz CT molecular complexity index is 995. The van der Waals surface area contributed by atoms with Crippen molar-refractivity contribution in [3.8, 4) is 0 Å². The van der Waals surface area contributed by atoms with E-state index in [9.17, 15) is 5.11 Å². The number of rotatable bonds is 12. The molecule has 0 saturated carbocycles. The highest BCUT2D eigenvalue weighted by Gasteiger charge is 2.55. The average molecular weight is 577 g/mol. The predicted octanol–water partition coefficient (Wildman–Crippen LogP) is 2.08. The number of methoxy groups -OCH3 is 4. The van der Waals surface area contributed by atoms with Gasteiger partial charge in [-0.05, 0) is 15.4 Å². The van der Waals surface area contributed by atoms with Gasteiger partial charge in [-0.2, -0.15) is 0 Å². The lowest BCUT2D eigenvalue weighted by Crippen LogP contribution is -2.67. The van der Waals surface area contributed by atoms with Gasteiger partial charge in [-0.15, -0.1) is 0 Å². The SMILES string of the molecule is COC[C@H]1O[C@H](O[C@H]2[C@H](OC)[C@@H](O)O[C@@H]2CO[Si](c2ccccc2)(c2ccccc2)C(C)(C)C)[C@@H](OC)[C@@H]1OC. The van der Waals surface area contributed by atoms with Crippen molar-refractivity contribution in [3.63, 3.8) is 0 Å². The lowest BCUT2D eigenvalue weighted by Gasteiger charge is -2.43. The lowest BCUT2D eigenvalue weighted by molar-refractivity contribution is -0.221. The van der Waals surface area contributed by atoms with E-state index in [1.807, 2.05) is 36.4 Å². The van der Waals surface area contributed by atoms with Gasteiger partial charge in [0.1, 0.15) is 36.6 Å². The van der Waals surface area contributed by atoms with Crippen molar-refractivity contribution in [2.45, 2.75) is 75.0 Å². The second-order valence-corrected chi connectivity index (χ2v) is 15.5. The van der Waals surface area contributed by atoms with Gasteiger partial charge in [0, 0.05) is 28.4 Å². The Labute approximate surface area is 238 Å². The van der Waals surface area contributed by atoms with Crippen LogP contribution in [-0.2, 0) is 37.6 Å². The van der Waals surface area contributed by atoms with Crippen molar-refractivity contribution in [1.82, 2.24) is 0 Å². The van der Waals surface area contributed by atoms with E-state index in [2.05, 4.69) is 45.0 Å². The molecule has 0 amide bonds. The maximum atomic E-state index is 10.8. The van der Waals surface area contributed by atoms with Gasteiger partial charge in [0.2, 0.25) is 0 Å². The minimum atomic E-state index is -2.85. The molecule has 0 radical (unpaired) electrons. The molecule has 2 heterocycles. The monoisotopic (exact) mass is 576 g/mol. The van der Waals surface area contributed by atoms with Gasteiger partial charge in [-0.3, -0.25) is 0 Å². The highest BCUT2D eigenvalue weighted by atomic mass is 28.4. The molecule has 2 aromatic rings. The van der Waals surface area contributed by atoms with Crippen LogP contribution >= 0.6 is 0 Å². The van der Waals surface area contributed by atoms with Crippen LogP contribution in [0.1, 0.15) is 20.8 Å². The zero-order valence-electron chi connectivity index (χ0n) is 24.5. The zero-order valence-corrected chi connectivity index (χ0v) is 25.5. The molecule has 0 bridgehead atoms. The summed E-state index contributed by atoms with van der Waals surface area (Å²) in [6.45, 7) is 7.13. The van der Waals surface area contributed by atoms with E-state index in [1.165, 1.54) is 7.11 Å². The van der Waals surface area contributed by atoms with Crippen molar-refractivity contribution in [3.05, 3.63) is 60.7 Å². The van der Waals surface area contributed by atoms with Gasteiger partial charge in [0.15, 0.2) is 12.6 Å². The summed E-state index contributed by atoms with van der Waals surface area (Å²) in [5, 5.41) is 12.9. The number of hydrogen-bond acceptors (Lipinski definition) is 9. The standard InChI is InChI=1S/C30H44O9Si/c1-30(2,3)40(20-14-10-8-11-15-20,21-16-12-9-13-17-21)36-19-23-25(26(34-6)28(31)37-23)39-29-27(35-7)24(33-5)22(38-29)18-32-4/h8-17,22-29,31H,18-19H2,1-7H3/t22-,23-,24-,25-,26+,27+,28+,29-/m1/s1. The summed E-state index contributed by atoms with van der Waals surface area (Å²) < 4.78 is 48.1. The molecule has 4 rings (SSSR count). The van der Waals surface area contributed by atoms with Crippen molar-refractivity contribution >= 4 is 18.7 Å².